The summed E-state index contributed by atoms with van der Waals surface area (Å²) in [6.07, 6.45) is -2.28. The molecule has 11 heteroatoms. The number of carboxylic acids is 1. The lowest BCUT2D eigenvalue weighted by Gasteiger charge is -2.47. The van der Waals surface area contributed by atoms with Crippen LogP contribution in [0.3, 0.4) is 0 Å². The summed E-state index contributed by atoms with van der Waals surface area (Å²) in [4.78, 5) is 41.7. The topological polar surface area (TPSA) is 96.4 Å². The average molecular weight is 561 g/mol. The fraction of sp³-hybridized carbons (Fsp3) is 0.483. The summed E-state index contributed by atoms with van der Waals surface area (Å²) >= 11 is 0. The van der Waals surface area contributed by atoms with Crippen LogP contribution in [0.4, 0.5) is 23.7 Å². The van der Waals surface area contributed by atoms with Gasteiger partial charge in [0.05, 0.1) is 18.2 Å². The number of carbonyl (C=O) groups excluding carboxylic acids is 2. The summed E-state index contributed by atoms with van der Waals surface area (Å²) in [6, 6.07) is 12.2. The number of aliphatic carboxylic acids is 1. The standard InChI is InChI=1S/C29H31F3N2O6/c1-17(18-9-13-20(14-10-18)40-29(30,31)32)39-28(38)34-23-7-3-2-5-21(23)27(22-6-4-8-24(22)34)33(19-11-12-19)25(35)15-16-26(36)37/h2-3,5,7,9-10,13-14,17,19,22,24,27H,4,6,8,11-12,15-16H2,1H3,(H,36,37). The van der Waals surface area contributed by atoms with Gasteiger partial charge in [0.25, 0.3) is 0 Å². The SMILES string of the molecule is CC(OC(=O)N1c2ccccc2C(N(C(=O)CCC(=O)O)C2CC2)C2CCCC21)c1ccc(OC(F)(F)F)cc1. The summed E-state index contributed by atoms with van der Waals surface area (Å²) in [5.74, 6) is -1.60. The molecule has 2 aromatic carbocycles. The number of amides is 2. The lowest BCUT2D eigenvalue weighted by atomic mass is 9.81. The van der Waals surface area contributed by atoms with Crippen molar-refractivity contribution in [3.8, 4) is 5.75 Å². The van der Waals surface area contributed by atoms with E-state index in [0.29, 0.717) is 11.3 Å². The molecule has 8 nitrogen and oxygen atoms in total. The molecule has 2 aromatic rings. The number of benzene rings is 2. The van der Waals surface area contributed by atoms with Crippen molar-refractivity contribution in [1.29, 1.82) is 0 Å². The van der Waals surface area contributed by atoms with E-state index in [1.807, 2.05) is 29.2 Å². The lowest BCUT2D eigenvalue weighted by molar-refractivity contribution is -0.274. The second-order valence-corrected chi connectivity index (χ2v) is 10.6. The van der Waals surface area contributed by atoms with Gasteiger partial charge in [0, 0.05) is 24.4 Å². The van der Waals surface area contributed by atoms with Gasteiger partial charge in [0.1, 0.15) is 11.9 Å². The van der Waals surface area contributed by atoms with Crippen LogP contribution in [0.5, 0.6) is 5.75 Å². The van der Waals surface area contributed by atoms with Gasteiger partial charge in [-0.2, -0.15) is 0 Å². The number of halogens is 3. The van der Waals surface area contributed by atoms with E-state index >= 15 is 0 Å². The first-order valence-electron chi connectivity index (χ1n) is 13.5. The molecule has 4 unspecified atom stereocenters. The first-order valence-corrected chi connectivity index (χ1v) is 13.5. The number of alkyl halides is 3. The van der Waals surface area contributed by atoms with Gasteiger partial charge in [-0.3, -0.25) is 14.5 Å². The normalized spacial score (nSPS) is 22.6. The van der Waals surface area contributed by atoms with E-state index in [9.17, 15) is 27.6 Å². The van der Waals surface area contributed by atoms with Crippen LogP contribution in [0.1, 0.15) is 75.1 Å². The van der Waals surface area contributed by atoms with Gasteiger partial charge in [0.15, 0.2) is 0 Å². The molecule has 1 heterocycles. The van der Waals surface area contributed by atoms with E-state index < -0.39 is 24.5 Å². The summed E-state index contributed by atoms with van der Waals surface area (Å²) < 4.78 is 47.3. The van der Waals surface area contributed by atoms with Crippen LogP contribution < -0.4 is 9.64 Å². The third-order valence-corrected chi connectivity index (χ3v) is 7.92. The van der Waals surface area contributed by atoms with E-state index in [2.05, 4.69) is 4.74 Å². The number of fused-ring (bicyclic) bond motifs is 2. The highest BCUT2D eigenvalue weighted by atomic mass is 19.4. The number of para-hydroxylation sites is 1. The molecule has 2 amide bonds. The lowest BCUT2D eigenvalue weighted by Crippen LogP contribution is -2.53. The Labute approximate surface area is 229 Å². The van der Waals surface area contributed by atoms with E-state index in [4.69, 9.17) is 9.84 Å². The highest BCUT2D eigenvalue weighted by Gasteiger charge is 2.51. The summed E-state index contributed by atoms with van der Waals surface area (Å²) in [5.41, 5.74) is 2.00. The van der Waals surface area contributed by atoms with Gasteiger partial charge >= 0.3 is 18.4 Å². The number of hydrogen-bond acceptors (Lipinski definition) is 5. The Kier molecular flexibility index (Phi) is 7.65. The second-order valence-electron chi connectivity index (χ2n) is 10.6. The number of ether oxygens (including phenoxy) is 2. The van der Waals surface area contributed by atoms with Gasteiger partial charge in [-0.25, -0.2) is 4.79 Å². The quantitative estimate of drug-likeness (QED) is 0.403. The van der Waals surface area contributed by atoms with Gasteiger partial charge in [0.2, 0.25) is 5.91 Å². The molecule has 0 aromatic heterocycles. The van der Waals surface area contributed by atoms with Crippen LogP contribution in [-0.2, 0) is 14.3 Å². The molecule has 1 N–H and O–H groups in total. The Hall–Kier alpha value is -3.76. The third-order valence-electron chi connectivity index (χ3n) is 7.92. The molecule has 2 saturated carbocycles. The molecule has 2 aliphatic carbocycles. The minimum absolute atomic E-state index is 0.0362. The fourth-order valence-electron chi connectivity index (χ4n) is 6.11. The number of carbonyl (C=O) groups is 3. The van der Waals surface area contributed by atoms with Crippen LogP contribution in [0.15, 0.2) is 48.5 Å². The smallest absolute Gasteiger partial charge is 0.481 e. The van der Waals surface area contributed by atoms with Crippen LogP contribution in [0.25, 0.3) is 0 Å². The zero-order chi connectivity index (χ0) is 28.6. The summed E-state index contributed by atoms with van der Waals surface area (Å²) in [5, 5.41) is 9.15. The highest BCUT2D eigenvalue weighted by molar-refractivity contribution is 5.91. The predicted molar refractivity (Wildman–Crippen MR) is 138 cm³/mol. The molecule has 214 valence electrons. The number of rotatable bonds is 8. The maximum Gasteiger partial charge on any atom is 0.573 e. The molecule has 4 atom stereocenters. The van der Waals surface area contributed by atoms with Crippen molar-refractivity contribution >= 4 is 23.7 Å². The molecule has 0 bridgehead atoms. The molecule has 3 aliphatic rings. The van der Waals surface area contributed by atoms with Crippen molar-refractivity contribution in [3.63, 3.8) is 0 Å². The minimum Gasteiger partial charge on any atom is -0.481 e. The van der Waals surface area contributed by atoms with Gasteiger partial charge in [-0.15, -0.1) is 13.2 Å². The van der Waals surface area contributed by atoms with E-state index in [0.717, 1.165) is 37.7 Å². The molecule has 5 rings (SSSR count). The molecule has 40 heavy (non-hydrogen) atoms. The number of anilines is 1. The largest absolute Gasteiger partial charge is 0.573 e. The zero-order valence-electron chi connectivity index (χ0n) is 22.0. The monoisotopic (exact) mass is 560 g/mol. The number of nitrogens with zero attached hydrogens (tertiary/aromatic N) is 2. The van der Waals surface area contributed by atoms with Crippen molar-refractivity contribution < 1.29 is 42.1 Å². The fourth-order valence-corrected chi connectivity index (χ4v) is 6.11. The molecular weight excluding hydrogens is 529 g/mol. The van der Waals surface area contributed by atoms with Crippen molar-refractivity contribution in [2.24, 2.45) is 5.92 Å². The van der Waals surface area contributed by atoms with Crippen molar-refractivity contribution in [1.82, 2.24) is 4.90 Å². The first kappa shape index (κ1) is 27.8. The highest BCUT2D eigenvalue weighted by Crippen LogP contribution is 2.53. The Morgan fingerprint density at radius 3 is 2.38 bits per heavy atom. The maximum atomic E-state index is 13.7. The van der Waals surface area contributed by atoms with Crippen molar-refractivity contribution in [2.75, 3.05) is 4.90 Å². The van der Waals surface area contributed by atoms with E-state index in [-0.39, 0.29) is 48.5 Å². The van der Waals surface area contributed by atoms with Crippen LogP contribution in [0.2, 0.25) is 0 Å². The summed E-state index contributed by atoms with van der Waals surface area (Å²) in [6.45, 7) is 1.65. The Morgan fingerprint density at radius 1 is 1.02 bits per heavy atom. The van der Waals surface area contributed by atoms with Gasteiger partial charge < -0.3 is 19.5 Å². The third kappa shape index (κ3) is 5.88. The molecule has 0 radical (unpaired) electrons. The van der Waals surface area contributed by atoms with Crippen LogP contribution in [0, 0.1) is 5.92 Å². The molecule has 1 aliphatic heterocycles. The molecule has 0 saturated heterocycles. The van der Waals surface area contributed by atoms with Crippen LogP contribution in [-0.4, -0.2) is 46.4 Å². The predicted octanol–water partition coefficient (Wildman–Crippen LogP) is 6.37. The van der Waals surface area contributed by atoms with Crippen molar-refractivity contribution in [2.45, 2.75) is 82.5 Å². The van der Waals surface area contributed by atoms with Crippen molar-refractivity contribution in [3.05, 3.63) is 59.7 Å². The van der Waals surface area contributed by atoms with Gasteiger partial charge in [-0.1, -0.05) is 36.8 Å². The molecular formula is C29H31F3N2O6. The van der Waals surface area contributed by atoms with E-state index in [1.165, 1.54) is 24.3 Å². The Bertz CT molecular complexity index is 1260. The first-order chi connectivity index (χ1) is 19.0. The zero-order valence-corrected chi connectivity index (χ0v) is 22.0. The van der Waals surface area contributed by atoms with E-state index in [1.54, 1.807) is 11.8 Å². The molecule has 2 fully saturated rings. The number of carboxylic acid groups (broad SMARTS) is 1. The maximum absolute atomic E-state index is 13.7. The minimum atomic E-state index is -4.80. The van der Waals surface area contributed by atoms with Gasteiger partial charge in [-0.05, 0) is 61.9 Å². The second kappa shape index (κ2) is 11.0. The average Bonchev–Trinajstić information content (AvgIpc) is 3.62. The van der Waals surface area contributed by atoms with Crippen LogP contribution >= 0.6 is 0 Å². The molecule has 0 spiro atoms. The Balaban J connectivity index is 1.40. The summed E-state index contributed by atoms with van der Waals surface area (Å²) in [7, 11) is 0. The number of hydrogen-bond donors (Lipinski definition) is 1. The Morgan fingerprint density at radius 2 is 1.73 bits per heavy atom.